The number of sulfonamides is 1. The summed E-state index contributed by atoms with van der Waals surface area (Å²) < 4.78 is 41.1. The Morgan fingerprint density at radius 1 is 0.851 bits per heavy atom. The van der Waals surface area contributed by atoms with Gasteiger partial charge in [-0.15, -0.1) is 0 Å². The van der Waals surface area contributed by atoms with Crippen LogP contribution in [0.2, 0.25) is 5.02 Å². The van der Waals surface area contributed by atoms with E-state index in [9.17, 15) is 18.0 Å². The number of nitrogens with one attached hydrogen (secondary N) is 1. The topological polar surface area (TPSA) is 105 Å². The number of amides is 2. The highest BCUT2D eigenvalue weighted by molar-refractivity contribution is 9.10. The van der Waals surface area contributed by atoms with Crippen molar-refractivity contribution in [1.29, 1.82) is 0 Å². The van der Waals surface area contributed by atoms with Gasteiger partial charge < -0.3 is 19.7 Å². The van der Waals surface area contributed by atoms with Gasteiger partial charge in [-0.3, -0.25) is 13.9 Å². The minimum atomic E-state index is -4.36. The van der Waals surface area contributed by atoms with Crippen LogP contribution < -0.4 is 19.1 Å². The molecule has 4 rings (SSSR count). The molecule has 1 N–H and O–H groups in total. The maximum Gasteiger partial charge on any atom is 0.264 e. The van der Waals surface area contributed by atoms with Gasteiger partial charge >= 0.3 is 0 Å². The van der Waals surface area contributed by atoms with E-state index in [0.717, 1.165) is 19.9 Å². The molecule has 1 atom stereocenters. The summed E-state index contributed by atoms with van der Waals surface area (Å²) in [6, 6.07) is 26.0. The van der Waals surface area contributed by atoms with Crippen LogP contribution in [0.4, 0.5) is 5.69 Å². The summed E-state index contributed by atoms with van der Waals surface area (Å²) in [4.78, 5) is 29.7. The van der Waals surface area contributed by atoms with Crippen molar-refractivity contribution >= 4 is 55.1 Å². The molecule has 0 saturated carbocycles. The molecule has 0 spiro atoms. The van der Waals surface area contributed by atoms with Crippen molar-refractivity contribution in [1.82, 2.24) is 10.2 Å². The molecule has 0 unspecified atom stereocenters. The molecule has 0 aliphatic carbocycles. The van der Waals surface area contributed by atoms with Crippen molar-refractivity contribution in [3.05, 3.63) is 118 Å². The zero-order valence-electron chi connectivity index (χ0n) is 26.5. The number of methoxy groups -OCH3 is 2. The minimum absolute atomic E-state index is 0.0478. The molecule has 4 aromatic carbocycles. The Morgan fingerprint density at radius 2 is 1.51 bits per heavy atom. The number of benzene rings is 4. The van der Waals surface area contributed by atoms with E-state index < -0.39 is 28.5 Å². The number of hydrogen-bond donors (Lipinski definition) is 1. The lowest BCUT2D eigenvalue weighted by atomic mass is 10.0. The number of rotatable bonds is 14. The number of hydrogen-bond acceptors (Lipinski definition) is 6. The number of carbonyl (C=O) groups is 2. The van der Waals surface area contributed by atoms with E-state index in [4.69, 9.17) is 21.1 Å². The van der Waals surface area contributed by atoms with Crippen LogP contribution in [0.5, 0.6) is 11.5 Å². The minimum Gasteiger partial charge on any atom is -0.493 e. The maximum atomic E-state index is 14.6. The van der Waals surface area contributed by atoms with Crippen molar-refractivity contribution in [3.63, 3.8) is 0 Å². The molecular formula is C35H37BrClN3O6S. The molecule has 0 bridgehead atoms. The summed E-state index contributed by atoms with van der Waals surface area (Å²) in [7, 11) is -1.50. The lowest BCUT2D eigenvalue weighted by Gasteiger charge is -2.34. The smallest absolute Gasteiger partial charge is 0.264 e. The van der Waals surface area contributed by atoms with E-state index in [1.165, 1.54) is 49.5 Å². The molecule has 0 saturated heterocycles. The van der Waals surface area contributed by atoms with E-state index in [-0.39, 0.29) is 41.2 Å². The zero-order valence-corrected chi connectivity index (χ0v) is 29.7. The molecule has 2 amide bonds. The van der Waals surface area contributed by atoms with Crippen molar-refractivity contribution < 1.29 is 27.5 Å². The normalized spacial score (nSPS) is 11.9. The predicted octanol–water partition coefficient (Wildman–Crippen LogP) is 6.48. The molecule has 0 radical (unpaired) electrons. The second-order valence-corrected chi connectivity index (χ2v) is 14.2. The fourth-order valence-corrected chi connectivity index (χ4v) is 7.01. The third-order valence-corrected chi connectivity index (χ3v) is 9.80. The number of carbonyl (C=O) groups excluding carboxylic acids is 2. The van der Waals surface area contributed by atoms with Crippen LogP contribution in [0.1, 0.15) is 25.0 Å². The second kappa shape index (κ2) is 16.2. The molecule has 12 heteroatoms. The average molecular weight is 743 g/mol. The van der Waals surface area contributed by atoms with Gasteiger partial charge in [0.05, 0.1) is 24.8 Å². The maximum absolute atomic E-state index is 14.6. The highest BCUT2D eigenvalue weighted by atomic mass is 79.9. The van der Waals surface area contributed by atoms with Crippen LogP contribution in [0.25, 0.3) is 0 Å². The Hall–Kier alpha value is -4.06. The Labute approximate surface area is 289 Å². The highest BCUT2D eigenvalue weighted by Gasteiger charge is 2.35. The van der Waals surface area contributed by atoms with Gasteiger partial charge in [0.2, 0.25) is 11.8 Å². The number of nitrogens with zero attached hydrogens (tertiary/aromatic N) is 2. The first kappa shape index (κ1) is 35.8. The quantitative estimate of drug-likeness (QED) is 0.159. The first-order chi connectivity index (χ1) is 22.4. The van der Waals surface area contributed by atoms with Gasteiger partial charge in [0.15, 0.2) is 11.5 Å². The first-order valence-corrected chi connectivity index (χ1v) is 17.4. The van der Waals surface area contributed by atoms with Crippen LogP contribution >= 0.6 is 27.5 Å². The Balaban J connectivity index is 1.83. The predicted molar refractivity (Wildman–Crippen MR) is 187 cm³/mol. The summed E-state index contributed by atoms with van der Waals surface area (Å²) in [6.07, 6.45) is 0.211. The van der Waals surface area contributed by atoms with Gasteiger partial charge in [-0.2, -0.15) is 0 Å². The van der Waals surface area contributed by atoms with Gasteiger partial charge in [0.25, 0.3) is 10.0 Å². The Bertz CT molecular complexity index is 1790. The molecule has 0 aliphatic heterocycles. The molecule has 0 aromatic heterocycles. The van der Waals surface area contributed by atoms with Crippen LogP contribution in [-0.2, 0) is 32.6 Å². The monoisotopic (exact) mass is 741 g/mol. The molecular weight excluding hydrogens is 706 g/mol. The summed E-state index contributed by atoms with van der Waals surface area (Å²) >= 11 is 9.64. The fourth-order valence-electron chi connectivity index (χ4n) is 5.01. The Morgan fingerprint density at radius 3 is 2.13 bits per heavy atom. The van der Waals surface area contributed by atoms with E-state index in [2.05, 4.69) is 21.2 Å². The molecule has 248 valence electrons. The lowest BCUT2D eigenvalue weighted by molar-refractivity contribution is -0.140. The first-order valence-electron chi connectivity index (χ1n) is 14.8. The van der Waals surface area contributed by atoms with Crippen LogP contribution in [-0.4, -0.2) is 58.0 Å². The summed E-state index contributed by atoms with van der Waals surface area (Å²) in [6.45, 7) is 3.13. The Kier molecular flexibility index (Phi) is 12.3. The molecule has 0 heterocycles. The lowest BCUT2D eigenvalue weighted by Crippen LogP contribution is -2.54. The zero-order chi connectivity index (χ0) is 34.1. The SMILES string of the molecule is COc1ccc(S(=O)(=O)N(CC(=O)N(Cc2cccc(Br)c2)[C@H](Cc2ccccc2)C(=O)NC(C)C)c2ccc(Cl)cc2)cc1OC. The number of anilines is 1. The summed E-state index contributed by atoms with van der Waals surface area (Å²) in [5, 5.41) is 3.35. The van der Waals surface area contributed by atoms with Crippen molar-refractivity contribution in [2.24, 2.45) is 0 Å². The highest BCUT2D eigenvalue weighted by Crippen LogP contribution is 2.33. The average Bonchev–Trinajstić information content (AvgIpc) is 3.05. The van der Waals surface area contributed by atoms with Gasteiger partial charge in [0.1, 0.15) is 12.6 Å². The molecule has 4 aromatic rings. The molecule has 0 fully saturated rings. The van der Waals surface area contributed by atoms with Gasteiger partial charge in [-0.25, -0.2) is 8.42 Å². The number of halogens is 2. The van der Waals surface area contributed by atoms with Gasteiger partial charge in [0, 0.05) is 34.6 Å². The van der Waals surface area contributed by atoms with Crippen molar-refractivity contribution in [2.45, 2.75) is 43.8 Å². The van der Waals surface area contributed by atoms with Gasteiger partial charge in [-0.05, 0) is 73.5 Å². The van der Waals surface area contributed by atoms with Crippen molar-refractivity contribution in [3.8, 4) is 11.5 Å². The summed E-state index contributed by atoms with van der Waals surface area (Å²) in [5.74, 6) is -0.377. The van der Waals surface area contributed by atoms with E-state index in [0.29, 0.717) is 10.8 Å². The van der Waals surface area contributed by atoms with E-state index in [1.807, 2.05) is 68.4 Å². The number of ether oxygens (including phenoxy) is 2. The van der Waals surface area contributed by atoms with Crippen LogP contribution in [0.3, 0.4) is 0 Å². The third kappa shape index (κ3) is 9.27. The molecule has 47 heavy (non-hydrogen) atoms. The van der Waals surface area contributed by atoms with E-state index in [1.54, 1.807) is 12.1 Å². The summed E-state index contributed by atoms with van der Waals surface area (Å²) in [5.41, 5.74) is 1.81. The molecule has 9 nitrogen and oxygen atoms in total. The standard InChI is InChI=1S/C35H37BrClN3O6S/c1-24(2)38-35(42)31(20-25-9-6-5-7-10-25)39(22-26-11-8-12-27(36)19-26)34(41)23-40(29-15-13-28(37)14-16-29)47(43,44)30-17-18-32(45-3)33(21-30)46-4/h5-19,21,24,31H,20,22-23H2,1-4H3,(H,38,42)/t31-/m1/s1. The van der Waals surface area contributed by atoms with Crippen LogP contribution in [0.15, 0.2) is 106 Å². The second-order valence-electron chi connectivity index (χ2n) is 11.0. The van der Waals surface area contributed by atoms with Gasteiger partial charge in [-0.1, -0.05) is 70.0 Å². The largest absolute Gasteiger partial charge is 0.493 e. The van der Waals surface area contributed by atoms with Crippen LogP contribution in [0, 0.1) is 0 Å². The van der Waals surface area contributed by atoms with E-state index >= 15 is 0 Å². The molecule has 0 aliphatic rings. The van der Waals surface area contributed by atoms with Crippen molar-refractivity contribution in [2.75, 3.05) is 25.1 Å². The fraction of sp³-hybridized carbons (Fsp3) is 0.257. The third-order valence-electron chi connectivity index (χ3n) is 7.28.